The minimum atomic E-state index is 0.518. The molecule has 5 aromatic rings. The molecule has 0 atom stereocenters. The van der Waals surface area contributed by atoms with Crippen molar-refractivity contribution in [3.8, 4) is 33.4 Å². The molecule has 0 saturated heterocycles. The molecule has 0 aliphatic carbocycles. The molecule has 0 aliphatic rings. The highest BCUT2D eigenvalue weighted by molar-refractivity contribution is 7.17. The van der Waals surface area contributed by atoms with Gasteiger partial charge in [-0.15, -0.1) is 21.5 Å². The van der Waals surface area contributed by atoms with Gasteiger partial charge in [0.15, 0.2) is 17.3 Å². The Morgan fingerprint density at radius 2 is 1.62 bits per heavy atom. The highest BCUT2D eigenvalue weighted by atomic mass is 32.1. The van der Waals surface area contributed by atoms with Crippen LogP contribution >= 0.6 is 11.3 Å². The smallest absolute Gasteiger partial charge is 0.247 e. The molecule has 0 bridgehead atoms. The van der Waals surface area contributed by atoms with Gasteiger partial charge in [0, 0.05) is 39.9 Å². The molecule has 0 saturated carbocycles. The Balaban J connectivity index is 1.42. The first-order valence-corrected chi connectivity index (χ1v) is 11.3. The summed E-state index contributed by atoms with van der Waals surface area (Å²) in [5.41, 5.74) is 2.74. The fourth-order valence-electron chi connectivity index (χ4n) is 3.54. The van der Waals surface area contributed by atoms with E-state index in [-0.39, 0.29) is 0 Å². The predicted octanol–water partition coefficient (Wildman–Crippen LogP) is 5.79. The van der Waals surface area contributed by atoms with Gasteiger partial charge in [-0.2, -0.15) is 0 Å². The van der Waals surface area contributed by atoms with Gasteiger partial charge in [-0.3, -0.25) is 0 Å². The van der Waals surface area contributed by atoms with Crippen molar-refractivity contribution in [3.63, 3.8) is 0 Å². The van der Waals surface area contributed by atoms with Crippen LogP contribution in [0.4, 0.5) is 5.82 Å². The van der Waals surface area contributed by atoms with E-state index in [1.165, 1.54) is 0 Å². The first kappa shape index (κ1) is 21.7. The topological polar surface area (TPSA) is 95.5 Å². The lowest BCUT2D eigenvalue weighted by molar-refractivity contribution is 0.356. The molecule has 9 heteroatoms. The van der Waals surface area contributed by atoms with Crippen molar-refractivity contribution >= 4 is 34.3 Å². The minimum absolute atomic E-state index is 0.518. The first-order valence-electron chi connectivity index (χ1n) is 10.5. The summed E-state index contributed by atoms with van der Waals surface area (Å²) in [4.78, 5) is 15.9. The summed E-state index contributed by atoms with van der Waals surface area (Å²) in [7, 11) is 3.20. The quantitative estimate of drug-likeness (QED) is 0.289. The molecule has 0 aliphatic heterocycles. The second kappa shape index (κ2) is 9.03. The van der Waals surface area contributed by atoms with E-state index in [1.54, 1.807) is 32.5 Å². The normalized spacial score (nSPS) is 11.4. The number of aryl methyl sites for hydroxylation is 2. The van der Waals surface area contributed by atoms with E-state index >= 15 is 0 Å². The molecule has 2 aromatic carbocycles. The summed E-state index contributed by atoms with van der Waals surface area (Å²) < 4.78 is 16.3. The van der Waals surface area contributed by atoms with Crippen molar-refractivity contribution in [1.29, 1.82) is 0 Å². The number of nitrogens with zero attached hydrogens (tertiary/aromatic N) is 5. The second-order valence-corrected chi connectivity index (χ2v) is 8.60. The summed E-state index contributed by atoms with van der Waals surface area (Å²) in [6.07, 6.45) is 1.82. The highest BCUT2D eigenvalue weighted by Gasteiger charge is 2.12. The number of benzene rings is 2. The molecule has 5 rings (SSSR count). The molecular formula is C25H21N5O3S. The van der Waals surface area contributed by atoms with Crippen LogP contribution in [0.15, 0.2) is 57.9 Å². The lowest BCUT2D eigenvalue weighted by Gasteiger charge is -2.10. The standard InChI is InChI=1S/C25H21N5O3S/c1-14-27-20-12-22(32-4)21(31-3)11-19(20)24(28-14)26-13-18-9-10-23(34-18)16-5-7-17(8-6-16)25-30-29-15(2)33-25/h5-13H,1-4H3. The first-order chi connectivity index (χ1) is 16.5. The zero-order chi connectivity index (χ0) is 23.7. The van der Waals surface area contributed by atoms with Crippen LogP contribution in [0, 0.1) is 13.8 Å². The van der Waals surface area contributed by atoms with Gasteiger partial charge in [-0.05, 0) is 42.8 Å². The lowest BCUT2D eigenvalue weighted by atomic mass is 10.1. The van der Waals surface area contributed by atoms with Crippen LogP contribution in [0.5, 0.6) is 11.5 Å². The van der Waals surface area contributed by atoms with E-state index < -0.39 is 0 Å². The van der Waals surface area contributed by atoms with E-state index in [4.69, 9.17) is 13.9 Å². The molecule has 0 spiro atoms. The van der Waals surface area contributed by atoms with Gasteiger partial charge in [0.2, 0.25) is 11.8 Å². The lowest BCUT2D eigenvalue weighted by Crippen LogP contribution is -1.94. The summed E-state index contributed by atoms with van der Waals surface area (Å²) in [6, 6.07) is 15.9. The molecule has 0 radical (unpaired) electrons. The van der Waals surface area contributed by atoms with E-state index in [0.717, 1.165) is 31.8 Å². The fraction of sp³-hybridized carbons (Fsp3) is 0.160. The highest BCUT2D eigenvalue weighted by Crippen LogP contribution is 2.35. The van der Waals surface area contributed by atoms with Crippen LogP contribution in [-0.4, -0.2) is 40.6 Å². The fourth-order valence-corrected chi connectivity index (χ4v) is 4.43. The Kier molecular flexibility index (Phi) is 5.77. The van der Waals surface area contributed by atoms with Crippen molar-refractivity contribution in [1.82, 2.24) is 20.2 Å². The molecule has 34 heavy (non-hydrogen) atoms. The maximum Gasteiger partial charge on any atom is 0.247 e. The molecule has 8 nitrogen and oxygen atoms in total. The maximum absolute atomic E-state index is 5.50. The van der Waals surface area contributed by atoms with Crippen LogP contribution < -0.4 is 9.47 Å². The zero-order valence-corrected chi connectivity index (χ0v) is 19.9. The molecule has 3 aromatic heterocycles. The maximum atomic E-state index is 5.50. The Morgan fingerprint density at radius 3 is 2.32 bits per heavy atom. The van der Waals surface area contributed by atoms with Crippen molar-refractivity contribution in [3.05, 3.63) is 65.1 Å². The van der Waals surface area contributed by atoms with Crippen LogP contribution in [0.1, 0.15) is 16.6 Å². The molecule has 0 amide bonds. The number of ether oxygens (including phenoxy) is 2. The third-order valence-electron chi connectivity index (χ3n) is 5.18. The monoisotopic (exact) mass is 471 g/mol. The number of methoxy groups -OCH3 is 2. The van der Waals surface area contributed by atoms with Gasteiger partial charge in [0.1, 0.15) is 5.82 Å². The van der Waals surface area contributed by atoms with Gasteiger partial charge < -0.3 is 13.9 Å². The summed E-state index contributed by atoms with van der Waals surface area (Å²) >= 11 is 1.65. The number of fused-ring (bicyclic) bond motifs is 1. The number of hydrogen-bond acceptors (Lipinski definition) is 9. The molecule has 3 heterocycles. The zero-order valence-electron chi connectivity index (χ0n) is 19.1. The van der Waals surface area contributed by atoms with Crippen molar-refractivity contribution < 1.29 is 13.9 Å². The third kappa shape index (κ3) is 4.25. The number of rotatable bonds is 6. The molecular weight excluding hydrogens is 450 g/mol. The van der Waals surface area contributed by atoms with E-state index in [2.05, 4.69) is 31.2 Å². The average molecular weight is 472 g/mol. The van der Waals surface area contributed by atoms with Crippen molar-refractivity contribution in [2.75, 3.05) is 14.2 Å². The number of aliphatic imine (C=N–C) groups is 1. The summed E-state index contributed by atoms with van der Waals surface area (Å²) in [5.74, 6) is 3.51. The van der Waals surface area contributed by atoms with Crippen molar-refractivity contribution in [2.45, 2.75) is 13.8 Å². The van der Waals surface area contributed by atoms with Gasteiger partial charge in [-0.1, -0.05) is 12.1 Å². The number of hydrogen-bond donors (Lipinski definition) is 0. The Hall–Kier alpha value is -4.11. The van der Waals surface area contributed by atoms with Crippen LogP contribution in [-0.2, 0) is 0 Å². The molecule has 0 fully saturated rings. The largest absolute Gasteiger partial charge is 0.493 e. The summed E-state index contributed by atoms with van der Waals surface area (Å²) in [6.45, 7) is 3.62. The molecule has 0 unspecified atom stereocenters. The van der Waals surface area contributed by atoms with E-state index in [0.29, 0.717) is 34.9 Å². The van der Waals surface area contributed by atoms with Gasteiger partial charge in [-0.25, -0.2) is 15.0 Å². The number of aromatic nitrogens is 4. The van der Waals surface area contributed by atoms with E-state index in [1.807, 2.05) is 55.6 Å². The van der Waals surface area contributed by atoms with Gasteiger partial charge in [0.25, 0.3) is 0 Å². The Morgan fingerprint density at radius 1 is 0.882 bits per heavy atom. The second-order valence-electron chi connectivity index (χ2n) is 7.48. The van der Waals surface area contributed by atoms with Gasteiger partial charge in [0.05, 0.1) is 19.7 Å². The molecule has 170 valence electrons. The van der Waals surface area contributed by atoms with Crippen LogP contribution in [0.3, 0.4) is 0 Å². The van der Waals surface area contributed by atoms with Gasteiger partial charge >= 0.3 is 0 Å². The number of thiophene rings is 1. The average Bonchev–Trinajstić information content (AvgIpc) is 3.51. The minimum Gasteiger partial charge on any atom is -0.493 e. The van der Waals surface area contributed by atoms with E-state index in [9.17, 15) is 0 Å². The van der Waals surface area contributed by atoms with Crippen molar-refractivity contribution in [2.24, 2.45) is 4.99 Å². The Bertz CT molecular complexity index is 1510. The van der Waals surface area contributed by atoms with Crippen LogP contribution in [0.25, 0.3) is 32.8 Å². The predicted molar refractivity (Wildman–Crippen MR) is 132 cm³/mol. The third-order valence-corrected chi connectivity index (χ3v) is 6.24. The Labute approximate surface area is 200 Å². The SMILES string of the molecule is COc1cc2nc(C)nc(N=Cc3ccc(-c4ccc(-c5nnc(C)o5)cc4)s3)c2cc1OC. The van der Waals surface area contributed by atoms with Crippen LogP contribution in [0.2, 0.25) is 0 Å². The molecule has 0 N–H and O–H groups in total. The summed E-state index contributed by atoms with van der Waals surface area (Å²) in [5, 5.41) is 8.75.